The van der Waals surface area contributed by atoms with Gasteiger partial charge in [0.25, 0.3) is 5.91 Å². The Kier molecular flexibility index (Phi) is 3.95. The summed E-state index contributed by atoms with van der Waals surface area (Å²) in [5, 5.41) is 6.85. The molecule has 2 N–H and O–H groups in total. The SMILES string of the molecule is Cc1cc(Cl)cc(C(=O)NCc2ccc3c(c2)CNC3)c1. The molecule has 21 heavy (non-hydrogen) atoms. The Bertz CT molecular complexity index is 677. The highest BCUT2D eigenvalue weighted by molar-refractivity contribution is 6.31. The molecule has 3 rings (SSSR count). The van der Waals surface area contributed by atoms with Crippen molar-refractivity contribution in [1.29, 1.82) is 0 Å². The highest BCUT2D eigenvalue weighted by Gasteiger charge is 2.11. The molecule has 4 heteroatoms. The van der Waals surface area contributed by atoms with Gasteiger partial charge in [-0.15, -0.1) is 0 Å². The van der Waals surface area contributed by atoms with E-state index in [2.05, 4.69) is 28.8 Å². The number of carbonyl (C=O) groups is 1. The zero-order valence-electron chi connectivity index (χ0n) is 11.9. The van der Waals surface area contributed by atoms with Crippen molar-refractivity contribution >= 4 is 17.5 Å². The number of rotatable bonds is 3. The first-order chi connectivity index (χ1) is 10.1. The third kappa shape index (κ3) is 3.26. The molecule has 0 saturated carbocycles. The standard InChI is InChI=1S/C17H17ClN2O/c1-11-4-14(7-16(18)5-11)17(21)20-8-12-2-3-13-9-19-10-15(13)6-12/h2-7,19H,8-10H2,1H3,(H,20,21). The molecule has 108 valence electrons. The number of amides is 1. The van der Waals surface area contributed by atoms with Crippen molar-refractivity contribution in [2.75, 3.05) is 0 Å². The molecule has 0 radical (unpaired) electrons. The highest BCUT2D eigenvalue weighted by atomic mass is 35.5. The minimum atomic E-state index is -0.0979. The summed E-state index contributed by atoms with van der Waals surface area (Å²) in [6.07, 6.45) is 0. The van der Waals surface area contributed by atoms with Crippen LogP contribution in [0.4, 0.5) is 0 Å². The third-order valence-electron chi connectivity index (χ3n) is 3.66. The summed E-state index contributed by atoms with van der Waals surface area (Å²) in [5.74, 6) is -0.0979. The number of aryl methyl sites for hydroxylation is 1. The fourth-order valence-electron chi connectivity index (χ4n) is 2.61. The van der Waals surface area contributed by atoms with Gasteiger partial charge in [-0.2, -0.15) is 0 Å². The van der Waals surface area contributed by atoms with E-state index in [1.165, 1.54) is 11.1 Å². The van der Waals surface area contributed by atoms with Gasteiger partial charge in [0.15, 0.2) is 0 Å². The van der Waals surface area contributed by atoms with Gasteiger partial charge in [-0.1, -0.05) is 29.8 Å². The van der Waals surface area contributed by atoms with Crippen molar-refractivity contribution in [2.45, 2.75) is 26.6 Å². The molecule has 0 atom stereocenters. The van der Waals surface area contributed by atoms with E-state index in [9.17, 15) is 4.79 Å². The van der Waals surface area contributed by atoms with Gasteiger partial charge in [-0.3, -0.25) is 4.79 Å². The Hall–Kier alpha value is -1.84. The first-order valence-electron chi connectivity index (χ1n) is 6.98. The van der Waals surface area contributed by atoms with Gasteiger partial charge in [0.2, 0.25) is 0 Å². The van der Waals surface area contributed by atoms with Crippen molar-refractivity contribution in [3.05, 3.63) is 69.2 Å². The fraction of sp³-hybridized carbons (Fsp3) is 0.235. The Morgan fingerprint density at radius 2 is 2.00 bits per heavy atom. The smallest absolute Gasteiger partial charge is 0.251 e. The molecule has 1 heterocycles. The summed E-state index contributed by atoms with van der Waals surface area (Å²) in [6, 6.07) is 11.7. The van der Waals surface area contributed by atoms with Crippen LogP contribution in [-0.4, -0.2) is 5.91 Å². The summed E-state index contributed by atoms with van der Waals surface area (Å²) in [7, 11) is 0. The number of carbonyl (C=O) groups excluding carboxylic acids is 1. The minimum Gasteiger partial charge on any atom is -0.348 e. The maximum atomic E-state index is 12.2. The lowest BCUT2D eigenvalue weighted by Crippen LogP contribution is -2.23. The molecule has 0 saturated heterocycles. The summed E-state index contributed by atoms with van der Waals surface area (Å²) in [6.45, 7) is 4.29. The zero-order valence-corrected chi connectivity index (χ0v) is 12.6. The maximum absolute atomic E-state index is 12.2. The molecule has 2 aromatic rings. The Labute approximate surface area is 129 Å². The number of hydrogen-bond donors (Lipinski definition) is 2. The molecule has 1 amide bonds. The molecule has 0 spiro atoms. The summed E-state index contributed by atoms with van der Waals surface area (Å²) in [5.41, 5.74) is 5.36. The second-order valence-corrected chi connectivity index (χ2v) is 5.84. The first-order valence-corrected chi connectivity index (χ1v) is 7.36. The van der Waals surface area contributed by atoms with Crippen LogP contribution in [0.3, 0.4) is 0 Å². The van der Waals surface area contributed by atoms with Crippen molar-refractivity contribution in [2.24, 2.45) is 0 Å². The van der Waals surface area contributed by atoms with Crippen LogP contribution in [0, 0.1) is 6.92 Å². The predicted octanol–water partition coefficient (Wildman–Crippen LogP) is 3.18. The van der Waals surface area contributed by atoms with E-state index in [4.69, 9.17) is 11.6 Å². The predicted molar refractivity (Wildman–Crippen MR) is 84.3 cm³/mol. The molecule has 0 fully saturated rings. The molecular weight excluding hydrogens is 284 g/mol. The van der Waals surface area contributed by atoms with Crippen molar-refractivity contribution < 1.29 is 4.79 Å². The van der Waals surface area contributed by atoms with E-state index in [0.717, 1.165) is 24.2 Å². The summed E-state index contributed by atoms with van der Waals surface area (Å²) in [4.78, 5) is 12.2. The van der Waals surface area contributed by atoms with E-state index in [1.54, 1.807) is 6.07 Å². The second-order valence-electron chi connectivity index (χ2n) is 5.41. The van der Waals surface area contributed by atoms with Gasteiger partial charge in [0, 0.05) is 30.2 Å². The Balaban J connectivity index is 1.68. The lowest BCUT2D eigenvalue weighted by atomic mass is 10.1. The van der Waals surface area contributed by atoms with Gasteiger partial charge in [0.1, 0.15) is 0 Å². The average molecular weight is 301 g/mol. The summed E-state index contributed by atoms with van der Waals surface area (Å²) >= 11 is 5.99. The minimum absolute atomic E-state index is 0.0979. The van der Waals surface area contributed by atoms with E-state index >= 15 is 0 Å². The molecule has 3 nitrogen and oxygen atoms in total. The number of benzene rings is 2. The first kappa shape index (κ1) is 14.1. The van der Waals surface area contributed by atoms with Crippen molar-refractivity contribution in [3.63, 3.8) is 0 Å². The van der Waals surface area contributed by atoms with Crippen LogP contribution in [-0.2, 0) is 19.6 Å². The Morgan fingerprint density at radius 1 is 1.19 bits per heavy atom. The average Bonchev–Trinajstić information content (AvgIpc) is 2.91. The van der Waals surface area contributed by atoms with Gasteiger partial charge in [-0.25, -0.2) is 0 Å². The van der Waals surface area contributed by atoms with Crippen molar-refractivity contribution in [3.8, 4) is 0 Å². The molecule has 2 aromatic carbocycles. The van der Waals surface area contributed by atoms with Crippen LogP contribution in [0.25, 0.3) is 0 Å². The normalized spacial score (nSPS) is 13.0. The topological polar surface area (TPSA) is 41.1 Å². The second kappa shape index (κ2) is 5.88. The van der Waals surface area contributed by atoms with Crippen LogP contribution >= 0.6 is 11.6 Å². The fourth-order valence-corrected chi connectivity index (χ4v) is 2.90. The van der Waals surface area contributed by atoms with Crippen LogP contribution in [0.15, 0.2) is 36.4 Å². The van der Waals surface area contributed by atoms with Crippen LogP contribution < -0.4 is 10.6 Å². The summed E-state index contributed by atoms with van der Waals surface area (Å²) < 4.78 is 0. The van der Waals surface area contributed by atoms with Gasteiger partial charge >= 0.3 is 0 Å². The number of halogens is 1. The Morgan fingerprint density at radius 3 is 2.81 bits per heavy atom. The highest BCUT2D eigenvalue weighted by Crippen LogP contribution is 2.17. The molecule has 0 aromatic heterocycles. The third-order valence-corrected chi connectivity index (χ3v) is 3.88. The van der Waals surface area contributed by atoms with E-state index < -0.39 is 0 Å². The molecular formula is C17H17ClN2O. The van der Waals surface area contributed by atoms with E-state index in [-0.39, 0.29) is 5.91 Å². The monoisotopic (exact) mass is 300 g/mol. The largest absolute Gasteiger partial charge is 0.348 e. The van der Waals surface area contributed by atoms with Crippen molar-refractivity contribution in [1.82, 2.24) is 10.6 Å². The van der Waals surface area contributed by atoms with Gasteiger partial charge in [0.05, 0.1) is 0 Å². The van der Waals surface area contributed by atoms with E-state index in [1.807, 2.05) is 19.1 Å². The molecule has 0 bridgehead atoms. The maximum Gasteiger partial charge on any atom is 0.251 e. The quantitative estimate of drug-likeness (QED) is 0.914. The zero-order chi connectivity index (χ0) is 14.8. The molecule has 1 aliphatic heterocycles. The lowest BCUT2D eigenvalue weighted by molar-refractivity contribution is 0.0951. The molecule has 1 aliphatic rings. The van der Waals surface area contributed by atoms with Crippen LogP contribution in [0.5, 0.6) is 0 Å². The van der Waals surface area contributed by atoms with Crippen LogP contribution in [0.1, 0.15) is 32.6 Å². The molecule has 0 aliphatic carbocycles. The van der Waals surface area contributed by atoms with Gasteiger partial charge < -0.3 is 10.6 Å². The lowest BCUT2D eigenvalue weighted by Gasteiger charge is -2.08. The van der Waals surface area contributed by atoms with Crippen LogP contribution in [0.2, 0.25) is 5.02 Å². The van der Waals surface area contributed by atoms with E-state index in [0.29, 0.717) is 17.1 Å². The van der Waals surface area contributed by atoms with Gasteiger partial charge in [-0.05, 0) is 47.4 Å². The number of fused-ring (bicyclic) bond motifs is 1. The molecule has 0 unspecified atom stereocenters. The number of hydrogen-bond acceptors (Lipinski definition) is 2. The number of nitrogens with one attached hydrogen (secondary N) is 2.